The molecule has 4 rings (SSSR count). The Morgan fingerprint density at radius 3 is 2.42 bits per heavy atom. The Bertz CT molecular complexity index is 892. The van der Waals surface area contributed by atoms with Gasteiger partial charge in [-0.05, 0) is 49.1 Å². The van der Waals surface area contributed by atoms with Gasteiger partial charge < -0.3 is 20.6 Å². The van der Waals surface area contributed by atoms with Gasteiger partial charge in [-0.25, -0.2) is 0 Å². The van der Waals surface area contributed by atoms with Gasteiger partial charge in [0, 0.05) is 62.8 Å². The van der Waals surface area contributed by atoms with E-state index < -0.39 is 6.10 Å². The third kappa shape index (κ3) is 5.50. The summed E-state index contributed by atoms with van der Waals surface area (Å²) in [4.78, 5) is 16.4. The molecule has 2 heterocycles. The van der Waals surface area contributed by atoms with Crippen LogP contribution in [0.5, 0.6) is 0 Å². The molecule has 1 unspecified atom stereocenters. The van der Waals surface area contributed by atoms with E-state index in [2.05, 4.69) is 58.5 Å². The van der Waals surface area contributed by atoms with Crippen LogP contribution in [0.4, 0.5) is 17.1 Å². The Hall–Kier alpha value is -2.28. The summed E-state index contributed by atoms with van der Waals surface area (Å²) in [6.45, 7) is 9.13. The zero-order valence-corrected chi connectivity index (χ0v) is 19.2. The second kappa shape index (κ2) is 10.4. The molecule has 1 atom stereocenters. The Balaban J connectivity index is 0.00000272. The van der Waals surface area contributed by atoms with Crippen LogP contribution in [0.2, 0.25) is 0 Å². The number of fused-ring (bicyclic) bond motifs is 1. The highest BCUT2D eigenvalue weighted by atomic mass is 35.5. The van der Waals surface area contributed by atoms with Gasteiger partial charge in [-0.2, -0.15) is 0 Å². The number of carbonyl (C=O) groups excluding carboxylic acids is 1. The maximum atomic E-state index is 11.7. The number of nitrogens with zero attached hydrogens (tertiary/aromatic N) is 2. The van der Waals surface area contributed by atoms with Crippen LogP contribution < -0.4 is 15.5 Å². The van der Waals surface area contributed by atoms with Crippen molar-refractivity contribution >= 4 is 35.4 Å². The zero-order valence-electron chi connectivity index (χ0n) is 18.4. The van der Waals surface area contributed by atoms with Crippen molar-refractivity contribution in [2.45, 2.75) is 32.8 Å². The van der Waals surface area contributed by atoms with Crippen molar-refractivity contribution in [2.75, 3.05) is 54.8 Å². The number of nitrogens with one attached hydrogen (secondary N) is 2. The number of para-hydroxylation sites is 1. The molecule has 0 spiro atoms. The van der Waals surface area contributed by atoms with Crippen molar-refractivity contribution in [1.29, 1.82) is 0 Å². The number of rotatable bonds is 6. The van der Waals surface area contributed by atoms with E-state index in [1.165, 1.54) is 22.4 Å². The van der Waals surface area contributed by atoms with E-state index in [1.807, 2.05) is 12.1 Å². The molecule has 7 heteroatoms. The number of piperazine rings is 1. The lowest BCUT2D eigenvalue weighted by atomic mass is 10.00. The van der Waals surface area contributed by atoms with E-state index in [1.54, 1.807) is 0 Å². The number of hydrogen-bond donors (Lipinski definition) is 3. The molecule has 0 saturated carbocycles. The van der Waals surface area contributed by atoms with E-state index in [4.69, 9.17) is 0 Å². The lowest BCUT2D eigenvalue weighted by Crippen LogP contribution is -2.49. The molecule has 1 amide bonds. The molecule has 0 bridgehead atoms. The van der Waals surface area contributed by atoms with E-state index in [0.29, 0.717) is 19.5 Å². The number of benzene rings is 2. The Morgan fingerprint density at radius 2 is 1.71 bits per heavy atom. The molecule has 31 heavy (non-hydrogen) atoms. The summed E-state index contributed by atoms with van der Waals surface area (Å²) in [5.41, 5.74) is 6.99. The number of halogens is 1. The molecule has 2 aliphatic heterocycles. The highest BCUT2D eigenvalue weighted by Gasteiger charge is 2.24. The minimum atomic E-state index is -0.407. The molecule has 1 fully saturated rings. The summed E-state index contributed by atoms with van der Waals surface area (Å²) in [6, 6.07) is 12.4. The van der Waals surface area contributed by atoms with Crippen LogP contribution in [0, 0.1) is 13.8 Å². The second-order valence-electron chi connectivity index (χ2n) is 8.44. The number of aliphatic hydroxyl groups is 1. The Morgan fingerprint density at radius 1 is 1.03 bits per heavy atom. The number of aliphatic hydroxyl groups excluding tert-OH is 1. The molecule has 3 N–H and O–H groups in total. The second-order valence-corrected chi connectivity index (χ2v) is 8.44. The number of β-amino-alcohol motifs (C(OH)–C–C–N with tert-alkyl or cyclic N) is 1. The SMILES string of the molecule is Cc1cccc(C)c1NCC(O)CN1CCN(c2cccc3c2CCC(=O)N3)CC1.Cl. The molecule has 0 radical (unpaired) electrons. The molecular weight excluding hydrogens is 412 g/mol. The van der Waals surface area contributed by atoms with Gasteiger partial charge in [0.2, 0.25) is 5.91 Å². The first-order valence-electron chi connectivity index (χ1n) is 10.9. The predicted octanol–water partition coefficient (Wildman–Crippen LogP) is 3.20. The van der Waals surface area contributed by atoms with Crippen LogP contribution in [0.3, 0.4) is 0 Å². The van der Waals surface area contributed by atoms with Gasteiger partial charge in [0.1, 0.15) is 0 Å². The van der Waals surface area contributed by atoms with Gasteiger partial charge in [0.15, 0.2) is 0 Å². The topological polar surface area (TPSA) is 67.8 Å². The molecule has 2 aromatic rings. The van der Waals surface area contributed by atoms with Crippen LogP contribution in [-0.4, -0.2) is 61.3 Å². The van der Waals surface area contributed by atoms with Crippen LogP contribution in [-0.2, 0) is 11.2 Å². The van der Waals surface area contributed by atoms with Crippen molar-refractivity contribution in [3.05, 3.63) is 53.1 Å². The molecule has 6 nitrogen and oxygen atoms in total. The molecule has 0 aromatic heterocycles. The largest absolute Gasteiger partial charge is 0.390 e. The summed E-state index contributed by atoms with van der Waals surface area (Å²) in [5, 5.41) is 17.0. The highest BCUT2D eigenvalue weighted by Crippen LogP contribution is 2.32. The maximum Gasteiger partial charge on any atom is 0.224 e. The summed E-state index contributed by atoms with van der Waals surface area (Å²) >= 11 is 0. The van der Waals surface area contributed by atoms with Crippen molar-refractivity contribution in [1.82, 2.24) is 4.90 Å². The maximum absolute atomic E-state index is 11.7. The monoisotopic (exact) mass is 444 g/mol. The van der Waals surface area contributed by atoms with E-state index in [9.17, 15) is 9.90 Å². The molecule has 2 aliphatic rings. The first-order chi connectivity index (χ1) is 14.5. The number of hydrogen-bond acceptors (Lipinski definition) is 5. The third-order valence-corrected chi connectivity index (χ3v) is 6.20. The Kier molecular flexibility index (Phi) is 7.81. The average Bonchev–Trinajstić information content (AvgIpc) is 2.73. The van der Waals surface area contributed by atoms with Gasteiger partial charge in [0.25, 0.3) is 0 Å². The third-order valence-electron chi connectivity index (χ3n) is 6.20. The minimum absolute atomic E-state index is 0. The van der Waals surface area contributed by atoms with Crippen LogP contribution in [0.15, 0.2) is 36.4 Å². The van der Waals surface area contributed by atoms with E-state index in [-0.39, 0.29) is 18.3 Å². The predicted molar refractivity (Wildman–Crippen MR) is 130 cm³/mol. The van der Waals surface area contributed by atoms with Crippen molar-refractivity contribution in [3.8, 4) is 0 Å². The minimum Gasteiger partial charge on any atom is -0.390 e. The molecule has 1 saturated heterocycles. The smallest absolute Gasteiger partial charge is 0.224 e. The van der Waals surface area contributed by atoms with Gasteiger partial charge in [-0.1, -0.05) is 24.3 Å². The van der Waals surface area contributed by atoms with Crippen LogP contribution in [0.25, 0.3) is 0 Å². The lowest BCUT2D eigenvalue weighted by molar-refractivity contribution is -0.116. The van der Waals surface area contributed by atoms with Gasteiger partial charge in [-0.3, -0.25) is 9.69 Å². The number of aryl methyl sites for hydroxylation is 2. The molecule has 168 valence electrons. The average molecular weight is 445 g/mol. The van der Waals surface area contributed by atoms with Gasteiger partial charge >= 0.3 is 0 Å². The van der Waals surface area contributed by atoms with E-state index in [0.717, 1.165) is 44.0 Å². The Labute approximate surface area is 191 Å². The summed E-state index contributed by atoms with van der Waals surface area (Å²) in [7, 11) is 0. The van der Waals surface area contributed by atoms with Crippen molar-refractivity contribution < 1.29 is 9.90 Å². The van der Waals surface area contributed by atoms with Gasteiger partial charge in [-0.15, -0.1) is 12.4 Å². The summed E-state index contributed by atoms with van der Waals surface area (Å²) < 4.78 is 0. The number of anilines is 3. The fraction of sp³-hybridized carbons (Fsp3) is 0.458. The van der Waals surface area contributed by atoms with Crippen molar-refractivity contribution in [2.24, 2.45) is 0 Å². The molecule has 0 aliphatic carbocycles. The first kappa shape index (κ1) is 23.4. The van der Waals surface area contributed by atoms with Crippen LogP contribution in [0.1, 0.15) is 23.1 Å². The van der Waals surface area contributed by atoms with Crippen molar-refractivity contribution in [3.63, 3.8) is 0 Å². The van der Waals surface area contributed by atoms with E-state index >= 15 is 0 Å². The normalized spacial score (nSPS) is 17.4. The fourth-order valence-corrected chi connectivity index (χ4v) is 4.55. The zero-order chi connectivity index (χ0) is 21.1. The highest BCUT2D eigenvalue weighted by molar-refractivity contribution is 5.95. The standard InChI is InChI=1S/C24H32N4O2.ClH/c1-17-5-3-6-18(2)24(17)25-15-19(29)16-27-11-13-28(14-12-27)22-8-4-7-21-20(22)9-10-23(30)26-21;/h3-8,19,25,29H,9-16H2,1-2H3,(H,26,30);1H. The summed E-state index contributed by atoms with van der Waals surface area (Å²) in [5.74, 6) is 0.105. The fourth-order valence-electron chi connectivity index (χ4n) is 4.55. The molecule has 2 aromatic carbocycles. The number of carbonyl (C=O) groups is 1. The lowest BCUT2D eigenvalue weighted by Gasteiger charge is -2.38. The van der Waals surface area contributed by atoms with Gasteiger partial charge in [0.05, 0.1) is 6.10 Å². The first-order valence-corrected chi connectivity index (χ1v) is 10.9. The number of amides is 1. The quantitative estimate of drug-likeness (QED) is 0.638. The molecular formula is C24H33ClN4O2. The van der Waals surface area contributed by atoms with Crippen LogP contribution >= 0.6 is 12.4 Å². The summed E-state index contributed by atoms with van der Waals surface area (Å²) in [6.07, 6.45) is 0.958.